The Balaban J connectivity index is 1.37. The summed E-state index contributed by atoms with van der Waals surface area (Å²) in [5.74, 6) is 2.56. The van der Waals surface area contributed by atoms with Gasteiger partial charge in [0.1, 0.15) is 5.82 Å². The number of carbonyl (C=O) groups excluding carboxylic acids is 1. The molecule has 0 aromatic carbocycles. The number of allylic oxidation sites excluding steroid dienone is 2. The fourth-order valence-corrected chi connectivity index (χ4v) is 3.39. The molecule has 0 aliphatic heterocycles. The van der Waals surface area contributed by atoms with Crippen LogP contribution in [0, 0.1) is 17.8 Å². The van der Waals surface area contributed by atoms with E-state index in [4.69, 9.17) is 0 Å². The molecule has 4 rings (SSSR count). The lowest BCUT2D eigenvalue weighted by Gasteiger charge is -2.16. The largest absolute Gasteiger partial charge is 0.349 e. The van der Waals surface area contributed by atoms with Crippen LogP contribution in [0.2, 0.25) is 0 Å². The van der Waals surface area contributed by atoms with Crippen LogP contribution in [-0.4, -0.2) is 26.1 Å². The SMILES string of the molecule is O=C(NCc1nc(-c2ccncc2)n[nH]1)[C@@H]1C[C@@H]2C=C[C@H]1C2. The summed E-state index contributed by atoms with van der Waals surface area (Å²) in [7, 11) is 0. The summed E-state index contributed by atoms with van der Waals surface area (Å²) in [5, 5.41) is 10.0. The van der Waals surface area contributed by atoms with E-state index in [0.717, 1.165) is 18.4 Å². The van der Waals surface area contributed by atoms with Gasteiger partial charge in [-0.2, -0.15) is 5.10 Å². The van der Waals surface area contributed by atoms with Gasteiger partial charge in [0, 0.05) is 23.9 Å². The summed E-state index contributed by atoms with van der Waals surface area (Å²) in [5.41, 5.74) is 0.905. The molecule has 3 atom stereocenters. The lowest BCUT2D eigenvalue weighted by Crippen LogP contribution is -2.32. The van der Waals surface area contributed by atoms with Crippen LogP contribution in [0.3, 0.4) is 0 Å². The third-order valence-electron chi connectivity index (χ3n) is 4.52. The minimum absolute atomic E-state index is 0.123. The molecule has 2 aromatic rings. The molecular weight excluding hydrogens is 278 g/mol. The van der Waals surface area contributed by atoms with Gasteiger partial charge in [-0.3, -0.25) is 14.9 Å². The molecule has 1 amide bonds. The standard InChI is InChI=1S/C16H17N5O/c22-16(13-8-10-1-2-12(13)7-10)18-9-14-19-15(21-20-14)11-3-5-17-6-4-11/h1-6,10,12-13H,7-9H2,(H,18,22)(H,19,20,21)/t10-,12+,13-/m1/s1. The smallest absolute Gasteiger partial charge is 0.224 e. The Kier molecular flexibility index (Phi) is 3.21. The van der Waals surface area contributed by atoms with Crippen molar-refractivity contribution in [1.82, 2.24) is 25.5 Å². The molecule has 22 heavy (non-hydrogen) atoms. The number of carbonyl (C=O) groups is 1. The van der Waals surface area contributed by atoms with Crippen molar-refractivity contribution in [3.8, 4) is 11.4 Å². The van der Waals surface area contributed by atoms with Gasteiger partial charge in [-0.1, -0.05) is 12.2 Å². The van der Waals surface area contributed by atoms with Gasteiger partial charge in [-0.15, -0.1) is 0 Å². The Bertz CT molecular complexity index is 708. The number of aromatic amines is 1. The quantitative estimate of drug-likeness (QED) is 0.841. The second-order valence-corrected chi connectivity index (χ2v) is 5.95. The first kappa shape index (κ1) is 13.2. The van der Waals surface area contributed by atoms with E-state index in [9.17, 15) is 4.79 Å². The summed E-state index contributed by atoms with van der Waals surface area (Å²) >= 11 is 0. The average Bonchev–Trinajstić information content (AvgIpc) is 3.29. The molecule has 2 heterocycles. The highest BCUT2D eigenvalue weighted by molar-refractivity contribution is 5.79. The van der Waals surface area contributed by atoms with Gasteiger partial charge in [-0.05, 0) is 36.8 Å². The van der Waals surface area contributed by atoms with Crippen LogP contribution in [0.4, 0.5) is 0 Å². The van der Waals surface area contributed by atoms with Gasteiger partial charge in [-0.25, -0.2) is 4.98 Å². The highest BCUT2D eigenvalue weighted by atomic mass is 16.1. The van der Waals surface area contributed by atoms with Crippen LogP contribution in [-0.2, 0) is 11.3 Å². The van der Waals surface area contributed by atoms with Gasteiger partial charge in [0.15, 0.2) is 5.82 Å². The summed E-state index contributed by atoms with van der Waals surface area (Å²) in [6.45, 7) is 0.383. The molecule has 112 valence electrons. The maximum Gasteiger partial charge on any atom is 0.224 e. The number of hydrogen-bond acceptors (Lipinski definition) is 4. The second-order valence-electron chi connectivity index (χ2n) is 5.95. The summed E-state index contributed by atoms with van der Waals surface area (Å²) < 4.78 is 0. The number of nitrogens with zero attached hydrogens (tertiary/aromatic N) is 3. The van der Waals surface area contributed by atoms with Crippen molar-refractivity contribution in [2.45, 2.75) is 19.4 Å². The van der Waals surface area contributed by atoms with E-state index in [2.05, 4.69) is 37.6 Å². The topological polar surface area (TPSA) is 83.6 Å². The third-order valence-corrected chi connectivity index (χ3v) is 4.52. The minimum atomic E-state index is 0.123. The number of H-pyrrole nitrogens is 1. The van der Waals surface area contributed by atoms with Crippen molar-refractivity contribution < 1.29 is 4.79 Å². The molecular formula is C16H17N5O. The van der Waals surface area contributed by atoms with Crippen LogP contribution in [0.25, 0.3) is 11.4 Å². The monoisotopic (exact) mass is 295 g/mol. The van der Waals surface area contributed by atoms with Crippen LogP contribution < -0.4 is 5.32 Å². The minimum Gasteiger partial charge on any atom is -0.349 e. The maximum absolute atomic E-state index is 12.3. The predicted molar refractivity (Wildman–Crippen MR) is 80.3 cm³/mol. The summed E-state index contributed by atoms with van der Waals surface area (Å²) in [4.78, 5) is 20.6. The van der Waals surface area contributed by atoms with E-state index in [1.807, 2.05) is 12.1 Å². The first-order valence-electron chi connectivity index (χ1n) is 7.57. The molecule has 6 nitrogen and oxygen atoms in total. The van der Waals surface area contributed by atoms with Crippen molar-refractivity contribution in [3.05, 3.63) is 42.5 Å². The van der Waals surface area contributed by atoms with E-state index < -0.39 is 0 Å². The van der Waals surface area contributed by atoms with Gasteiger partial charge in [0.05, 0.1) is 6.54 Å². The number of fused-ring (bicyclic) bond motifs is 2. The average molecular weight is 295 g/mol. The molecule has 1 fully saturated rings. The molecule has 2 bridgehead atoms. The number of amides is 1. The zero-order valence-corrected chi connectivity index (χ0v) is 12.1. The van der Waals surface area contributed by atoms with Gasteiger partial charge in [0.2, 0.25) is 5.91 Å². The Hall–Kier alpha value is -2.50. The molecule has 2 aliphatic rings. The Morgan fingerprint density at radius 3 is 2.86 bits per heavy atom. The molecule has 0 unspecified atom stereocenters. The predicted octanol–water partition coefficient (Wildman–Crippen LogP) is 1.70. The van der Waals surface area contributed by atoms with Crippen molar-refractivity contribution in [2.75, 3.05) is 0 Å². The fraction of sp³-hybridized carbons (Fsp3) is 0.375. The van der Waals surface area contributed by atoms with Crippen LogP contribution in [0.5, 0.6) is 0 Å². The number of nitrogens with one attached hydrogen (secondary N) is 2. The molecule has 0 saturated heterocycles. The maximum atomic E-state index is 12.3. The second kappa shape index (κ2) is 5.36. The molecule has 0 spiro atoms. The molecule has 2 aliphatic carbocycles. The van der Waals surface area contributed by atoms with Gasteiger partial charge < -0.3 is 5.32 Å². The Labute approximate surface area is 128 Å². The van der Waals surface area contributed by atoms with Crippen molar-refractivity contribution in [3.63, 3.8) is 0 Å². The van der Waals surface area contributed by atoms with Crippen LogP contribution >= 0.6 is 0 Å². The first-order valence-corrected chi connectivity index (χ1v) is 7.57. The molecule has 1 saturated carbocycles. The van der Waals surface area contributed by atoms with Gasteiger partial charge >= 0.3 is 0 Å². The Morgan fingerprint density at radius 1 is 1.27 bits per heavy atom. The van der Waals surface area contributed by atoms with E-state index in [0.29, 0.717) is 30.0 Å². The van der Waals surface area contributed by atoms with E-state index in [1.165, 1.54) is 0 Å². The number of hydrogen-bond donors (Lipinski definition) is 2. The van der Waals surface area contributed by atoms with Crippen molar-refractivity contribution >= 4 is 5.91 Å². The number of rotatable bonds is 4. The van der Waals surface area contributed by atoms with Crippen molar-refractivity contribution in [2.24, 2.45) is 17.8 Å². The lowest BCUT2D eigenvalue weighted by molar-refractivity contribution is -0.125. The van der Waals surface area contributed by atoms with Crippen LogP contribution in [0.1, 0.15) is 18.7 Å². The third kappa shape index (κ3) is 2.41. The van der Waals surface area contributed by atoms with E-state index in [1.54, 1.807) is 12.4 Å². The van der Waals surface area contributed by atoms with E-state index >= 15 is 0 Å². The first-order chi connectivity index (χ1) is 10.8. The zero-order chi connectivity index (χ0) is 14.9. The number of aromatic nitrogens is 4. The summed E-state index contributed by atoms with van der Waals surface area (Å²) in [6, 6.07) is 3.71. The highest BCUT2D eigenvalue weighted by Gasteiger charge is 2.39. The molecule has 0 radical (unpaired) electrons. The lowest BCUT2D eigenvalue weighted by atomic mass is 9.93. The van der Waals surface area contributed by atoms with Crippen LogP contribution in [0.15, 0.2) is 36.7 Å². The molecule has 2 aromatic heterocycles. The normalized spacial score (nSPS) is 25.5. The highest BCUT2D eigenvalue weighted by Crippen LogP contribution is 2.43. The molecule has 2 N–H and O–H groups in total. The number of pyridine rings is 1. The zero-order valence-electron chi connectivity index (χ0n) is 12.1. The summed E-state index contributed by atoms with van der Waals surface area (Å²) in [6.07, 6.45) is 9.95. The van der Waals surface area contributed by atoms with E-state index in [-0.39, 0.29) is 11.8 Å². The van der Waals surface area contributed by atoms with Gasteiger partial charge in [0.25, 0.3) is 0 Å². The fourth-order valence-electron chi connectivity index (χ4n) is 3.39. The Morgan fingerprint density at radius 2 is 2.14 bits per heavy atom. The molecule has 6 heteroatoms. The van der Waals surface area contributed by atoms with Crippen molar-refractivity contribution in [1.29, 1.82) is 0 Å².